The van der Waals surface area contributed by atoms with Crippen LogP contribution in [0.1, 0.15) is 414 Å². The molecule has 1 saturated carbocycles. The molecule has 0 aromatic heterocycles. The molecular formula is C93H173O25P. The van der Waals surface area contributed by atoms with Gasteiger partial charge in [-0.05, 0) is 63.2 Å². The lowest BCUT2D eigenvalue weighted by molar-refractivity contribution is -0.360. The van der Waals surface area contributed by atoms with Crippen LogP contribution in [0.25, 0.3) is 0 Å². The van der Waals surface area contributed by atoms with Gasteiger partial charge in [-0.15, -0.1) is 0 Å². The number of rotatable bonds is 77. The molecule has 2 aliphatic heterocycles. The normalized spacial score (nSPS) is 25.4. The molecule has 2 heterocycles. The summed E-state index contributed by atoms with van der Waals surface area (Å²) in [6.07, 6.45) is 26.3. The summed E-state index contributed by atoms with van der Waals surface area (Å²) in [7, 11) is -5.81. The number of unbranched alkanes of at least 4 members (excludes halogenated alkanes) is 43. The van der Waals surface area contributed by atoms with Gasteiger partial charge in [0.25, 0.3) is 0 Å². The van der Waals surface area contributed by atoms with E-state index >= 15 is 0 Å². The van der Waals surface area contributed by atoms with Gasteiger partial charge in [0, 0.05) is 25.7 Å². The monoisotopic (exact) mass is 1720 g/mol. The first kappa shape index (κ1) is 110. The third kappa shape index (κ3) is 51.0. The first-order chi connectivity index (χ1) is 57.5. The number of phosphoric acid groups is 1. The summed E-state index contributed by atoms with van der Waals surface area (Å²) in [4.78, 5) is 66.6. The van der Waals surface area contributed by atoms with E-state index < -0.39 is 162 Å². The van der Waals surface area contributed by atoms with Crippen molar-refractivity contribution < 1.29 is 122 Å². The predicted molar refractivity (Wildman–Crippen MR) is 462 cm³/mol. The summed E-state index contributed by atoms with van der Waals surface area (Å²) in [6, 6.07) is 0. The van der Waals surface area contributed by atoms with Crippen molar-refractivity contribution in [3.63, 3.8) is 0 Å². The second-order valence-electron chi connectivity index (χ2n) is 35.1. The minimum Gasteiger partial charge on any atom is -0.463 e. The van der Waals surface area contributed by atoms with Gasteiger partial charge in [0.2, 0.25) is 0 Å². The van der Waals surface area contributed by atoms with Crippen molar-refractivity contribution in [3.8, 4) is 0 Å². The molecule has 2 saturated heterocycles. The molecule has 0 spiro atoms. The molecule has 0 radical (unpaired) electrons. The summed E-state index contributed by atoms with van der Waals surface area (Å²) >= 11 is 0. The third-order valence-electron chi connectivity index (χ3n) is 24.1. The Morgan fingerprint density at radius 2 is 0.681 bits per heavy atom. The molecule has 1 aliphatic carbocycles. The van der Waals surface area contributed by atoms with E-state index in [9.17, 15) is 74.6 Å². The SMILES string of the molecule is CCCCCC/C=C\CCCCCCCCCC(=O)OCC1OC(OC2C(OC(=O)CCCCCCCCCCCCCCC)C(O)C(O)C(OC3OC(CO)C(O)C(O)C3O)C2OP(=O)(O)OCC(COC(=O)CCCCCCCCC(C)CCCCCCCC)OC(=O)CCCCCCCCC(C)CCCCCCCC)C(O)C(O)C1O. The summed E-state index contributed by atoms with van der Waals surface area (Å²) < 4.78 is 73.6. The zero-order valence-corrected chi connectivity index (χ0v) is 75.9. The Morgan fingerprint density at radius 1 is 0.353 bits per heavy atom. The molecule has 3 fully saturated rings. The zero-order chi connectivity index (χ0) is 87.1. The molecule has 20 unspecified atom stereocenters. The summed E-state index contributed by atoms with van der Waals surface area (Å²) in [6.45, 7) is 10.3. The van der Waals surface area contributed by atoms with Gasteiger partial charge in [0.1, 0.15) is 92.6 Å². The van der Waals surface area contributed by atoms with Gasteiger partial charge >= 0.3 is 31.7 Å². The van der Waals surface area contributed by atoms with Crippen LogP contribution in [-0.4, -0.2) is 205 Å². The lowest BCUT2D eigenvalue weighted by Gasteiger charge is -2.50. The molecule has 0 bridgehead atoms. The summed E-state index contributed by atoms with van der Waals surface area (Å²) in [5.41, 5.74) is 0. The number of esters is 4. The van der Waals surface area contributed by atoms with Gasteiger partial charge in [-0.25, -0.2) is 4.57 Å². The number of ether oxygens (including phenoxy) is 8. The smallest absolute Gasteiger partial charge is 0.463 e. The number of carbonyl (C=O) groups excluding carboxylic acids is 4. The highest BCUT2D eigenvalue weighted by molar-refractivity contribution is 7.47. The van der Waals surface area contributed by atoms with Crippen LogP contribution < -0.4 is 0 Å². The Kier molecular flexibility index (Phi) is 65.2. The van der Waals surface area contributed by atoms with Crippen LogP contribution in [0.4, 0.5) is 0 Å². The first-order valence-corrected chi connectivity index (χ1v) is 49.7. The summed E-state index contributed by atoms with van der Waals surface area (Å²) in [5, 5.41) is 102. The van der Waals surface area contributed by atoms with Crippen LogP contribution in [0, 0.1) is 11.8 Å². The Labute approximate surface area is 718 Å². The highest BCUT2D eigenvalue weighted by atomic mass is 31.2. The Balaban J connectivity index is 1.92. The molecule has 0 aromatic carbocycles. The van der Waals surface area contributed by atoms with E-state index in [1.807, 2.05) is 0 Å². The van der Waals surface area contributed by atoms with Gasteiger partial charge in [0.05, 0.1) is 13.2 Å². The van der Waals surface area contributed by atoms with E-state index in [1.54, 1.807) is 0 Å². The van der Waals surface area contributed by atoms with Crippen molar-refractivity contribution in [3.05, 3.63) is 12.2 Å². The fourth-order valence-electron chi connectivity index (χ4n) is 16.2. The molecule has 20 atom stereocenters. The van der Waals surface area contributed by atoms with Crippen LogP contribution in [0.5, 0.6) is 0 Å². The third-order valence-corrected chi connectivity index (χ3v) is 25.0. The van der Waals surface area contributed by atoms with Crippen molar-refractivity contribution in [1.82, 2.24) is 0 Å². The Hall–Kier alpha value is -2.79. The van der Waals surface area contributed by atoms with E-state index in [-0.39, 0.29) is 25.7 Å². The molecule has 10 N–H and O–H groups in total. The molecule has 0 aromatic rings. The van der Waals surface area contributed by atoms with Gasteiger partial charge in [0.15, 0.2) is 24.8 Å². The fourth-order valence-corrected chi connectivity index (χ4v) is 17.2. The van der Waals surface area contributed by atoms with E-state index in [2.05, 4.69) is 53.7 Å². The van der Waals surface area contributed by atoms with Crippen LogP contribution in [0.3, 0.4) is 0 Å². The molecule has 700 valence electrons. The van der Waals surface area contributed by atoms with E-state index in [4.69, 9.17) is 46.9 Å². The maximum atomic E-state index is 14.9. The molecule has 3 rings (SSSR count). The van der Waals surface area contributed by atoms with Crippen molar-refractivity contribution in [2.24, 2.45) is 11.8 Å². The predicted octanol–water partition coefficient (Wildman–Crippen LogP) is 18.0. The van der Waals surface area contributed by atoms with Crippen molar-refractivity contribution >= 4 is 31.7 Å². The van der Waals surface area contributed by atoms with Crippen molar-refractivity contribution in [2.75, 3.05) is 26.4 Å². The molecule has 0 amide bonds. The number of hydrogen-bond acceptors (Lipinski definition) is 24. The lowest BCUT2D eigenvalue weighted by atomic mass is 9.84. The summed E-state index contributed by atoms with van der Waals surface area (Å²) in [5.74, 6) is -1.60. The second-order valence-corrected chi connectivity index (χ2v) is 36.5. The van der Waals surface area contributed by atoms with Gasteiger partial charge in [-0.2, -0.15) is 0 Å². The Bertz CT molecular complexity index is 2550. The minimum absolute atomic E-state index is 0.0103. The number of phosphoric ester groups is 1. The molecule has 3 aliphatic rings. The highest BCUT2D eigenvalue weighted by Gasteiger charge is 2.60. The second kappa shape index (κ2) is 70.3. The maximum absolute atomic E-state index is 14.9. The number of carbonyl (C=O) groups is 4. The lowest BCUT2D eigenvalue weighted by Crippen LogP contribution is -2.70. The van der Waals surface area contributed by atoms with Gasteiger partial charge in [-0.1, -0.05) is 349 Å². The maximum Gasteiger partial charge on any atom is 0.472 e. The number of allylic oxidation sites excluding steroid dienone is 2. The highest BCUT2D eigenvalue weighted by Crippen LogP contribution is 2.49. The quantitative estimate of drug-likeness (QED) is 0.00889. The largest absolute Gasteiger partial charge is 0.472 e. The van der Waals surface area contributed by atoms with Crippen LogP contribution in [0.15, 0.2) is 12.2 Å². The van der Waals surface area contributed by atoms with Gasteiger partial charge in [-0.3, -0.25) is 28.2 Å². The topological polar surface area (TPSA) is 380 Å². The van der Waals surface area contributed by atoms with Crippen molar-refractivity contribution in [2.45, 2.75) is 518 Å². The van der Waals surface area contributed by atoms with Crippen LogP contribution in [-0.2, 0) is 70.7 Å². The first-order valence-electron chi connectivity index (χ1n) is 48.2. The molecule has 119 heavy (non-hydrogen) atoms. The van der Waals surface area contributed by atoms with E-state index in [0.29, 0.717) is 43.9 Å². The fraction of sp³-hybridized carbons (Fsp3) is 0.935. The zero-order valence-electron chi connectivity index (χ0n) is 75.0. The number of hydrogen-bond donors (Lipinski definition) is 10. The number of aliphatic hydroxyl groups excluding tert-OH is 9. The average Bonchev–Trinajstić information content (AvgIpc) is 0.754. The van der Waals surface area contributed by atoms with Crippen molar-refractivity contribution in [1.29, 1.82) is 0 Å². The molecule has 25 nitrogen and oxygen atoms in total. The van der Waals surface area contributed by atoms with E-state index in [0.717, 1.165) is 148 Å². The number of aliphatic hydroxyl groups is 9. The standard InChI is InChI=1S/C93H173O25P/c1-7-11-15-19-23-25-27-29-30-32-33-35-37-47-56-64-77(96)110-70-75-81(100)83(102)87(106)93(114-75)117-90-88(115-79(98)66-58-49-38-36-34-31-28-26-24-20-16-12-8-2)84(103)85(104)89(116-92-86(105)82(101)80(99)74(67-94)113-92)91(90)118-119(107,108)111-69-73(112-78(97)65-57-50-42-40-46-54-62-72(6)60-52-44-22-18-14-10-4)68-109-76(95)63-55-48-41-39-45-53-61-71(5)59-51-43-21-17-13-9-3/h25,27,71-75,80-94,99-106H,7-24,26,28-70H2,1-6H3,(H,107,108)/b27-25-. The Morgan fingerprint density at radius 3 is 1.09 bits per heavy atom. The van der Waals surface area contributed by atoms with E-state index in [1.165, 1.54) is 167 Å². The molecule has 26 heteroatoms. The minimum atomic E-state index is -5.81. The average molecular weight is 1720 g/mol. The van der Waals surface area contributed by atoms with Gasteiger partial charge < -0.3 is 88.7 Å². The molecular weight excluding hydrogens is 1550 g/mol. The van der Waals surface area contributed by atoms with Crippen LogP contribution >= 0.6 is 7.82 Å². The van der Waals surface area contributed by atoms with Crippen LogP contribution in [0.2, 0.25) is 0 Å².